The summed E-state index contributed by atoms with van der Waals surface area (Å²) in [5, 5.41) is 14.4. The predicted octanol–water partition coefficient (Wildman–Crippen LogP) is 4.99. The molecular weight excluding hydrogens is 380 g/mol. The molecule has 0 spiro atoms. The first-order valence-electron chi connectivity index (χ1n) is 11.6. The van der Waals surface area contributed by atoms with Crippen LogP contribution in [0.2, 0.25) is 0 Å². The Kier molecular flexibility index (Phi) is 5.61. The van der Waals surface area contributed by atoms with Gasteiger partial charge in [0.2, 0.25) is 0 Å². The van der Waals surface area contributed by atoms with Gasteiger partial charge in [0.05, 0.1) is 11.1 Å². The van der Waals surface area contributed by atoms with E-state index in [0.717, 1.165) is 30.5 Å². The molecule has 0 bridgehead atoms. The predicted molar refractivity (Wildman–Crippen MR) is 126 cm³/mol. The fraction of sp³-hybridized carbons (Fsp3) is 0.407. The molecule has 158 valence electrons. The van der Waals surface area contributed by atoms with E-state index in [1.54, 1.807) is 17.3 Å². The smallest absolute Gasteiger partial charge is 0.101 e. The number of hydrogen-bond acceptors (Lipinski definition) is 4. The fourth-order valence-corrected chi connectivity index (χ4v) is 5.38. The summed E-state index contributed by atoms with van der Waals surface area (Å²) in [7, 11) is 0. The van der Waals surface area contributed by atoms with E-state index < -0.39 is 0 Å². The first-order valence-corrected chi connectivity index (χ1v) is 11.6. The number of anilines is 1. The van der Waals surface area contributed by atoms with Gasteiger partial charge in [0.15, 0.2) is 0 Å². The lowest BCUT2D eigenvalue weighted by Gasteiger charge is -2.39. The minimum Gasteiger partial charge on any atom is -0.369 e. The Morgan fingerprint density at radius 1 is 1.10 bits per heavy atom. The number of benzene rings is 2. The summed E-state index contributed by atoms with van der Waals surface area (Å²) in [4.78, 5) is 6.97. The van der Waals surface area contributed by atoms with E-state index in [1.165, 1.54) is 43.4 Å². The van der Waals surface area contributed by atoms with Crippen molar-refractivity contribution >= 4 is 16.6 Å². The van der Waals surface area contributed by atoms with Gasteiger partial charge >= 0.3 is 0 Å². The van der Waals surface area contributed by atoms with Crippen LogP contribution >= 0.6 is 0 Å². The van der Waals surface area contributed by atoms with E-state index in [-0.39, 0.29) is 0 Å². The zero-order valence-electron chi connectivity index (χ0n) is 18.3. The Bertz CT molecular complexity index is 1130. The third-order valence-corrected chi connectivity index (χ3v) is 6.88. The lowest BCUT2D eigenvalue weighted by atomic mass is 9.90. The van der Waals surface area contributed by atoms with Crippen LogP contribution in [0.4, 0.5) is 5.69 Å². The highest BCUT2D eigenvalue weighted by molar-refractivity contribution is 5.95. The third kappa shape index (κ3) is 4.16. The summed E-state index contributed by atoms with van der Waals surface area (Å²) in [6.45, 7) is 5.27. The monoisotopic (exact) mass is 410 g/mol. The van der Waals surface area contributed by atoms with Crippen LogP contribution in [0.15, 0.2) is 48.7 Å². The Hall–Kier alpha value is -2.90. The standard InChI is InChI=1S/C27H30N4/c1-19-13-24(30-16-20-8-9-21-5-2-3-6-22(21)14-20)18-31(17-19)26-11-10-23(15-28)27-25(26)7-4-12-29-27/h4,7-12,14,19,24,30H,2-3,5-6,13,16-18H2,1H3/t19-,24+/m0/s1. The van der Waals surface area contributed by atoms with E-state index in [1.807, 2.05) is 12.1 Å². The molecule has 0 amide bonds. The number of aromatic nitrogens is 1. The van der Waals surface area contributed by atoms with Crippen molar-refractivity contribution in [3.63, 3.8) is 0 Å². The van der Waals surface area contributed by atoms with Gasteiger partial charge in [0.1, 0.15) is 6.07 Å². The van der Waals surface area contributed by atoms with Crippen molar-refractivity contribution in [2.24, 2.45) is 5.92 Å². The molecule has 31 heavy (non-hydrogen) atoms. The number of piperidine rings is 1. The van der Waals surface area contributed by atoms with Gasteiger partial charge in [-0.3, -0.25) is 4.98 Å². The number of fused-ring (bicyclic) bond motifs is 2. The van der Waals surface area contributed by atoms with Gasteiger partial charge in [0.25, 0.3) is 0 Å². The normalized spacial score (nSPS) is 21.0. The Morgan fingerprint density at radius 2 is 1.97 bits per heavy atom. The van der Waals surface area contributed by atoms with Crippen LogP contribution in [0.5, 0.6) is 0 Å². The second kappa shape index (κ2) is 8.69. The number of hydrogen-bond donors (Lipinski definition) is 1. The van der Waals surface area contributed by atoms with E-state index in [4.69, 9.17) is 0 Å². The fourth-order valence-electron chi connectivity index (χ4n) is 5.38. The average Bonchev–Trinajstić information content (AvgIpc) is 2.81. The first kappa shape index (κ1) is 20.0. The number of nitriles is 1. The van der Waals surface area contributed by atoms with Gasteiger partial charge in [0, 0.05) is 42.9 Å². The molecule has 0 saturated carbocycles. The molecule has 2 atom stereocenters. The SMILES string of the molecule is C[C@H]1C[C@@H](NCc2ccc3c(c2)CCCC3)CN(c2ccc(C#N)c3ncccc23)C1. The number of nitrogens with one attached hydrogen (secondary N) is 1. The summed E-state index contributed by atoms with van der Waals surface area (Å²) < 4.78 is 0. The van der Waals surface area contributed by atoms with Crippen molar-refractivity contribution in [1.82, 2.24) is 10.3 Å². The van der Waals surface area contributed by atoms with Crippen LogP contribution in [-0.2, 0) is 19.4 Å². The summed E-state index contributed by atoms with van der Waals surface area (Å²) >= 11 is 0. The molecule has 1 aromatic heterocycles. The third-order valence-electron chi connectivity index (χ3n) is 6.88. The molecule has 4 heteroatoms. The molecule has 2 heterocycles. The van der Waals surface area contributed by atoms with Gasteiger partial charge in [-0.15, -0.1) is 0 Å². The van der Waals surface area contributed by atoms with Crippen molar-refractivity contribution in [1.29, 1.82) is 5.26 Å². The molecule has 1 N–H and O–H groups in total. The summed E-state index contributed by atoms with van der Waals surface area (Å²) in [6, 6.07) is 17.9. The minimum atomic E-state index is 0.446. The van der Waals surface area contributed by atoms with Crippen molar-refractivity contribution < 1.29 is 0 Å². The lowest BCUT2D eigenvalue weighted by Crippen LogP contribution is -2.48. The number of pyridine rings is 1. The van der Waals surface area contributed by atoms with Crippen LogP contribution < -0.4 is 10.2 Å². The second-order valence-corrected chi connectivity index (χ2v) is 9.28. The van der Waals surface area contributed by atoms with Gasteiger partial charge in [-0.25, -0.2) is 0 Å². The molecule has 0 radical (unpaired) electrons. The van der Waals surface area contributed by atoms with E-state index in [2.05, 4.69) is 58.5 Å². The molecule has 0 unspecified atom stereocenters. The molecule has 1 aliphatic heterocycles. The lowest BCUT2D eigenvalue weighted by molar-refractivity contribution is 0.350. The molecule has 5 rings (SSSR count). The Labute approximate surface area is 184 Å². The maximum atomic E-state index is 9.46. The van der Waals surface area contributed by atoms with E-state index in [0.29, 0.717) is 17.5 Å². The molecule has 2 aliphatic rings. The maximum absolute atomic E-state index is 9.46. The van der Waals surface area contributed by atoms with Gasteiger partial charge < -0.3 is 10.2 Å². The maximum Gasteiger partial charge on any atom is 0.101 e. The van der Waals surface area contributed by atoms with Crippen molar-refractivity contribution in [2.45, 2.75) is 51.6 Å². The van der Waals surface area contributed by atoms with Crippen molar-refractivity contribution in [3.8, 4) is 6.07 Å². The Balaban J connectivity index is 1.33. The largest absolute Gasteiger partial charge is 0.369 e. The quantitative estimate of drug-likeness (QED) is 0.658. The van der Waals surface area contributed by atoms with Crippen LogP contribution in [-0.4, -0.2) is 24.1 Å². The summed E-state index contributed by atoms with van der Waals surface area (Å²) in [5.74, 6) is 0.608. The minimum absolute atomic E-state index is 0.446. The molecule has 3 aromatic rings. The molecule has 4 nitrogen and oxygen atoms in total. The van der Waals surface area contributed by atoms with E-state index in [9.17, 15) is 5.26 Å². The zero-order valence-corrected chi connectivity index (χ0v) is 18.3. The van der Waals surface area contributed by atoms with Gasteiger partial charge in [-0.05, 0) is 79.0 Å². The highest BCUT2D eigenvalue weighted by atomic mass is 15.2. The van der Waals surface area contributed by atoms with Crippen molar-refractivity contribution in [3.05, 3.63) is 70.9 Å². The van der Waals surface area contributed by atoms with Gasteiger partial charge in [-0.2, -0.15) is 5.26 Å². The second-order valence-electron chi connectivity index (χ2n) is 9.28. The van der Waals surface area contributed by atoms with Gasteiger partial charge in [-0.1, -0.05) is 25.1 Å². The molecule has 1 fully saturated rings. The number of rotatable bonds is 4. The number of nitrogens with zero attached hydrogens (tertiary/aromatic N) is 3. The molecular formula is C27H30N4. The Morgan fingerprint density at radius 3 is 2.84 bits per heavy atom. The average molecular weight is 411 g/mol. The topological polar surface area (TPSA) is 52.0 Å². The zero-order chi connectivity index (χ0) is 21.2. The van der Waals surface area contributed by atoms with Crippen LogP contribution in [0.25, 0.3) is 10.9 Å². The highest BCUT2D eigenvalue weighted by Gasteiger charge is 2.26. The van der Waals surface area contributed by atoms with Crippen LogP contribution in [0.3, 0.4) is 0 Å². The highest BCUT2D eigenvalue weighted by Crippen LogP contribution is 2.31. The van der Waals surface area contributed by atoms with E-state index >= 15 is 0 Å². The first-order chi connectivity index (χ1) is 15.2. The van der Waals surface area contributed by atoms with Crippen LogP contribution in [0.1, 0.15) is 48.4 Å². The van der Waals surface area contributed by atoms with Crippen LogP contribution in [0, 0.1) is 17.2 Å². The molecule has 2 aromatic carbocycles. The molecule has 1 saturated heterocycles. The summed E-state index contributed by atoms with van der Waals surface area (Å²) in [5.41, 5.74) is 7.15. The molecule has 1 aliphatic carbocycles. The summed E-state index contributed by atoms with van der Waals surface area (Å²) in [6.07, 6.45) is 8.09. The van der Waals surface area contributed by atoms with Crippen molar-refractivity contribution in [2.75, 3.05) is 18.0 Å². The number of aryl methyl sites for hydroxylation is 2.